The molecule has 1 fully saturated rings. The zero-order valence-electron chi connectivity index (χ0n) is 16.1. The number of hydrogen-bond acceptors (Lipinski definition) is 3. The highest BCUT2D eigenvalue weighted by Crippen LogP contribution is 2.27. The van der Waals surface area contributed by atoms with Crippen LogP contribution in [-0.2, 0) is 17.6 Å². The number of pyridine rings is 1. The highest BCUT2D eigenvalue weighted by molar-refractivity contribution is 5.95. The molecule has 2 heterocycles. The maximum atomic E-state index is 13.3. The summed E-state index contributed by atoms with van der Waals surface area (Å²) >= 11 is 0. The van der Waals surface area contributed by atoms with Crippen LogP contribution in [0.4, 0.5) is 0 Å². The first-order valence-corrected chi connectivity index (χ1v) is 9.89. The van der Waals surface area contributed by atoms with Gasteiger partial charge in [-0.3, -0.25) is 19.0 Å². The van der Waals surface area contributed by atoms with E-state index >= 15 is 0 Å². The maximum Gasteiger partial charge on any atom is 0.268 e. The van der Waals surface area contributed by atoms with Gasteiger partial charge in [-0.05, 0) is 67.9 Å². The summed E-state index contributed by atoms with van der Waals surface area (Å²) in [4.78, 5) is 39.7. The number of nitrogens with two attached hydrogens (primary N) is 1. The van der Waals surface area contributed by atoms with Crippen molar-refractivity contribution in [1.29, 1.82) is 0 Å². The van der Waals surface area contributed by atoms with Crippen molar-refractivity contribution in [3.05, 3.63) is 63.1 Å². The molecule has 1 aliphatic heterocycles. The second-order valence-electron chi connectivity index (χ2n) is 7.81. The first kappa shape index (κ1) is 18.5. The van der Waals surface area contributed by atoms with E-state index in [2.05, 4.69) is 6.07 Å². The van der Waals surface area contributed by atoms with Crippen molar-refractivity contribution in [1.82, 2.24) is 9.47 Å². The fraction of sp³-hybridized carbons (Fsp3) is 0.409. The van der Waals surface area contributed by atoms with E-state index in [0.717, 1.165) is 24.9 Å². The van der Waals surface area contributed by atoms with E-state index in [1.54, 1.807) is 22.6 Å². The summed E-state index contributed by atoms with van der Waals surface area (Å²) in [6.45, 7) is 2.60. The van der Waals surface area contributed by atoms with Crippen molar-refractivity contribution in [3.63, 3.8) is 0 Å². The SMILES string of the molecule is Cc1ccn(-c2cccc3c2CCC3)c(=O)c1C(=O)N1CCCC(C(N)=O)C1. The summed E-state index contributed by atoms with van der Waals surface area (Å²) in [5.74, 6) is -1.05. The fourth-order valence-electron chi connectivity index (χ4n) is 4.45. The molecule has 0 saturated carbocycles. The van der Waals surface area contributed by atoms with Gasteiger partial charge in [-0.15, -0.1) is 0 Å². The molecule has 0 bridgehead atoms. The van der Waals surface area contributed by atoms with Crippen molar-refractivity contribution in [2.75, 3.05) is 13.1 Å². The van der Waals surface area contributed by atoms with Crippen molar-refractivity contribution in [2.45, 2.75) is 39.0 Å². The lowest BCUT2D eigenvalue weighted by Crippen LogP contribution is -2.46. The summed E-state index contributed by atoms with van der Waals surface area (Å²) in [5, 5.41) is 0. The van der Waals surface area contributed by atoms with Gasteiger partial charge in [-0.25, -0.2) is 0 Å². The molecule has 1 atom stereocenters. The Morgan fingerprint density at radius 2 is 1.96 bits per heavy atom. The Morgan fingerprint density at radius 1 is 1.14 bits per heavy atom. The van der Waals surface area contributed by atoms with E-state index in [4.69, 9.17) is 5.73 Å². The lowest BCUT2D eigenvalue weighted by atomic mass is 9.96. The van der Waals surface area contributed by atoms with Crippen LogP contribution >= 0.6 is 0 Å². The van der Waals surface area contributed by atoms with E-state index in [-0.39, 0.29) is 35.4 Å². The Kier molecular flexibility index (Phi) is 4.79. The van der Waals surface area contributed by atoms with Crippen molar-refractivity contribution in [2.24, 2.45) is 11.7 Å². The second kappa shape index (κ2) is 7.26. The minimum atomic E-state index is -0.389. The van der Waals surface area contributed by atoms with Crippen LogP contribution in [0.15, 0.2) is 35.3 Å². The fourth-order valence-corrected chi connectivity index (χ4v) is 4.45. The van der Waals surface area contributed by atoms with Gasteiger partial charge in [0.2, 0.25) is 5.91 Å². The van der Waals surface area contributed by atoms with Crippen LogP contribution in [0.2, 0.25) is 0 Å². The number of hydrogen-bond donors (Lipinski definition) is 1. The van der Waals surface area contributed by atoms with Gasteiger partial charge in [-0.2, -0.15) is 0 Å². The number of benzene rings is 1. The van der Waals surface area contributed by atoms with Gasteiger partial charge in [0.15, 0.2) is 0 Å². The minimum Gasteiger partial charge on any atom is -0.369 e. The second-order valence-corrected chi connectivity index (χ2v) is 7.81. The zero-order chi connectivity index (χ0) is 19.8. The number of aromatic nitrogens is 1. The third-order valence-electron chi connectivity index (χ3n) is 6.01. The number of likely N-dealkylation sites (tertiary alicyclic amines) is 1. The van der Waals surface area contributed by atoms with Gasteiger partial charge in [0.1, 0.15) is 5.56 Å². The largest absolute Gasteiger partial charge is 0.369 e. The Hall–Kier alpha value is -2.89. The third-order valence-corrected chi connectivity index (χ3v) is 6.01. The van der Waals surface area contributed by atoms with Crippen LogP contribution in [0.1, 0.15) is 46.3 Å². The van der Waals surface area contributed by atoms with Crippen molar-refractivity contribution < 1.29 is 9.59 Å². The molecule has 6 heteroatoms. The monoisotopic (exact) mass is 379 g/mol. The molecular formula is C22H25N3O3. The molecule has 146 valence electrons. The van der Waals surface area contributed by atoms with Crippen LogP contribution in [0, 0.1) is 12.8 Å². The predicted octanol–water partition coefficient (Wildman–Crippen LogP) is 1.97. The van der Waals surface area contributed by atoms with Crippen molar-refractivity contribution in [3.8, 4) is 5.69 Å². The van der Waals surface area contributed by atoms with E-state index in [1.807, 2.05) is 18.2 Å². The van der Waals surface area contributed by atoms with Crippen LogP contribution in [0.25, 0.3) is 5.69 Å². The van der Waals surface area contributed by atoms with Crippen LogP contribution < -0.4 is 11.3 Å². The van der Waals surface area contributed by atoms with Gasteiger partial charge in [0.05, 0.1) is 11.6 Å². The molecule has 1 aliphatic carbocycles. The van der Waals surface area contributed by atoms with Gasteiger partial charge >= 0.3 is 0 Å². The lowest BCUT2D eigenvalue weighted by Gasteiger charge is -2.31. The summed E-state index contributed by atoms with van der Waals surface area (Å²) in [7, 11) is 0. The molecule has 2 aliphatic rings. The number of aryl methyl sites for hydroxylation is 2. The molecule has 4 rings (SSSR count). The number of carbonyl (C=O) groups is 2. The molecule has 0 radical (unpaired) electrons. The molecular weight excluding hydrogens is 354 g/mol. The number of amides is 2. The highest BCUT2D eigenvalue weighted by Gasteiger charge is 2.30. The van der Waals surface area contributed by atoms with E-state index < -0.39 is 0 Å². The predicted molar refractivity (Wildman–Crippen MR) is 107 cm³/mol. The van der Waals surface area contributed by atoms with Gasteiger partial charge < -0.3 is 10.6 Å². The number of rotatable bonds is 3. The number of carbonyl (C=O) groups excluding carboxylic acids is 2. The Labute approximate surface area is 164 Å². The number of primary amides is 1. The molecule has 2 amide bonds. The van der Waals surface area contributed by atoms with Gasteiger partial charge in [0, 0.05) is 19.3 Å². The minimum absolute atomic E-state index is 0.184. The van der Waals surface area contributed by atoms with Gasteiger partial charge in [-0.1, -0.05) is 12.1 Å². The smallest absolute Gasteiger partial charge is 0.268 e. The normalized spacial score (nSPS) is 18.8. The van der Waals surface area contributed by atoms with E-state index in [0.29, 0.717) is 24.9 Å². The summed E-state index contributed by atoms with van der Waals surface area (Å²) in [6.07, 6.45) is 6.21. The van der Waals surface area contributed by atoms with Gasteiger partial charge in [0.25, 0.3) is 11.5 Å². The van der Waals surface area contributed by atoms with E-state index in [1.165, 1.54) is 11.1 Å². The third kappa shape index (κ3) is 3.13. The quantitative estimate of drug-likeness (QED) is 0.885. The summed E-state index contributed by atoms with van der Waals surface area (Å²) in [6, 6.07) is 7.84. The first-order valence-electron chi connectivity index (χ1n) is 9.89. The Balaban J connectivity index is 1.74. The number of piperidine rings is 1. The molecule has 6 nitrogen and oxygen atoms in total. The zero-order valence-corrected chi connectivity index (χ0v) is 16.1. The van der Waals surface area contributed by atoms with Crippen LogP contribution in [-0.4, -0.2) is 34.4 Å². The summed E-state index contributed by atoms with van der Waals surface area (Å²) in [5.41, 5.74) is 9.31. The summed E-state index contributed by atoms with van der Waals surface area (Å²) < 4.78 is 1.60. The Morgan fingerprint density at radius 3 is 2.75 bits per heavy atom. The Bertz CT molecular complexity index is 1010. The molecule has 2 N–H and O–H groups in total. The van der Waals surface area contributed by atoms with Crippen LogP contribution in [0.3, 0.4) is 0 Å². The lowest BCUT2D eigenvalue weighted by molar-refractivity contribution is -0.123. The van der Waals surface area contributed by atoms with E-state index in [9.17, 15) is 14.4 Å². The van der Waals surface area contributed by atoms with Crippen LogP contribution in [0.5, 0.6) is 0 Å². The molecule has 1 aromatic heterocycles. The molecule has 1 aromatic carbocycles. The first-order chi connectivity index (χ1) is 13.5. The molecule has 1 unspecified atom stereocenters. The molecule has 0 spiro atoms. The topological polar surface area (TPSA) is 85.4 Å². The molecule has 1 saturated heterocycles. The highest BCUT2D eigenvalue weighted by atomic mass is 16.2. The number of nitrogens with zero attached hydrogens (tertiary/aromatic N) is 2. The average Bonchev–Trinajstić information content (AvgIpc) is 3.17. The molecule has 28 heavy (non-hydrogen) atoms. The standard InChI is InChI=1S/C22H25N3O3/c1-14-10-12-25(18-9-3-6-15-5-2-8-17(15)18)22(28)19(14)21(27)24-11-4-7-16(13-24)20(23)26/h3,6,9-10,12,16H,2,4-5,7-8,11,13H2,1H3,(H2,23,26). The maximum absolute atomic E-state index is 13.3. The molecule has 2 aromatic rings. The van der Waals surface area contributed by atoms with Crippen molar-refractivity contribution >= 4 is 11.8 Å². The number of fused-ring (bicyclic) bond motifs is 1. The average molecular weight is 379 g/mol.